The van der Waals surface area contributed by atoms with Crippen LogP contribution in [-0.2, 0) is 9.53 Å². The van der Waals surface area contributed by atoms with Gasteiger partial charge in [0.1, 0.15) is 0 Å². The predicted molar refractivity (Wildman–Crippen MR) is 59.1 cm³/mol. The van der Waals surface area contributed by atoms with Gasteiger partial charge in [-0.25, -0.2) is 4.79 Å². The zero-order valence-electron chi connectivity index (χ0n) is 9.58. The van der Waals surface area contributed by atoms with E-state index in [9.17, 15) is 4.79 Å². The van der Waals surface area contributed by atoms with Crippen molar-refractivity contribution < 1.29 is 9.53 Å². The molecule has 0 amide bonds. The van der Waals surface area contributed by atoms with Gasteiger partial charge in [-0.3, -0.25) is 0 Å². The Morgan fingerprint density at radius 2 is 2.14 bits per heavy atom. The van der Waals surface area contributed by atoms with Crippen molar-refractivity contribution in [2.24, 2.45) is 5.92 Å². The summed E-state index contributed by atoms with van der Waals surface area (Å²) in [6.45, 7) is 6.68. The van der Waals surface area contributed by atoms with Crippen LogP contribution in [0.1, 0.15) is 46.5 Å². The maximum absolute atomic E-state index is 10.9. The summed E-state index contributed by atoms with van der Waals surface area (Å²) in [5, 5.41) is 0. The van der Waals surface area contributed by atoms with E-state index in [2.05, 4.69) is 13.8 Å². The highest BCUT2D eigenvalue weighted by Gasteiger charge is 1.99. The molecule has 0 heterocycles. The Labute approximate surface area is 87.3 Å². The molecule has 1 unspecified atom stereocenters. The van der Waals surface area contributed by atoms with Crippen molar-refractivity contribution >= 4 is 5.97 Å². The standard InChI is InChI=1S/C12H22O2/c1-4-6-8-11(3)9-7-10-12(13)14-5-2/h7,10-11H,4-6,8-9H2,1-3H3/b10-7+. The average molecular weight is 198 g/mol. The van der Waals surface area contributed by atoms with Gasteiger partial charge < -0.3 is 4.74 Å². The first-order valence-corrected chi connectivity index (χ1v) is 5.54. The molecule has 0 rings (SSSR count). The van der Waals surface area contributed by atoms with Crippen LogP contribution >= 0.6 is 0 Å². The van der Waals surface area contributed by atoms with Gasteiger partial charge in [0.25, 0.3) is 0 Å². The van der Waals surface area contributed by atoms with Crippen LogP contribution in [0.3, 0.4) is 0 Å². The van der Waals surface area contributed by atoms with Crippen molar-refractivity contribution in [3.63, 3.8) is 0 Å². The van der Waals surface area contributed by atoms with E-state index in [4.69, 9.17) is 4.74 Å². The van der Waals surface area contributed by atoms with Gasteiger partial charge in [-0.1, -0.05) is 39.2 Å². The molecule has 0 bridgehead atoms. The van der Waals surface area contributed by atoms with Gasteiger partial charge in [0.15, 0.2) is 0 Å². The van der Waals surface area contributed by atoms with Crippen molar-refractivity contribution in [2.75, 3.05) is 6.61 Å². The molecule has 0 fully saturated rings. The molecular formula is C12H22O2. The van der Waals surface area contributed by atoms with Crippen LogP contribution in [0.4, 0.5) is 0 Å². The summed E-state index contributed by atoms with van der Waals surface area (Å²) < 4.78 is 4.78. The highest BCUT2D eigenvalue weighted by atomic mass is 16.5. The molecule has 1 atom stereocenters. The molecule has 0 aromatic rings. The Morgan fingerprint density at radius 3 is 2.71 bits per heavy atom. The third kappa shape index (κ3) is 7.84. The summed E-state index contributed by atoms with van der Waals surface area (Å²) in [5.41, 5.74) is 0. The highest BCUT2D eigenvalue weighted by molar-refractivity contribution is 5.81. The molecular weight excluding hydrogens is 176 g/mol. The van der Waals surface area contributed by atoms with Crippen molar-refractivity contribution in [3.8, 4) is 0 Å². The Bertz CT molecular complexity index is 173. The lowest BCUT2D eigenvalue weighted by atomic mass is 10.0. The number of esters is 1. The minimum atomic E-state index is -0.227. The lowest BCUT2D eigenvalue weighted by Gasteiger charge is -2.06. The fourth-order valence-corrected chi connectivity index (χ4v) is 1.26. The Morgan fingerprint density at radius 1 is 1.43 bits per heavy atom. The molecule has 0 aromatic carbocycles. The molecule has 0 aliphatic carbocycles. The molecule has 2 heteroatoms. The van der Waals surface area contributed by atoms with Crippen LogP contribution in [0.15, 0.2) is 12.2 Å². The Balaban J connectivity index is 3.54. The van der Waals surface area contributed by atoms with Crippen LogP contribution in [0, 0.1) is 5.92 Å². The quantitative estimate of drug-likeness (QED) is 0.463. The summed E-state index contributed by atoms with van der Waals surface area (Å²) in [4.78, 5) is 10.9. The van der Waals surface area contributed by atoms with E-state index in [0.29, 0.717) is 12.5 Å². The van der Waals surface area contributed by atoms with Crippen LogP contribution < -0.4 is 0 Å². The van der Waals surface area contributed by atoms with Crippen molar-refractivity contribution in [1.82, 2.24) is 0 Å². The van der Waals surface area contributed by atoms with Crippen LogP contribution in [0.2, 0.25) is 0 Å². The number of carbonyl (C=O) groups excluding carboxylic acids is 1. The highest BCUT2D eigenvalue weighted by Crippen LogP contribution is 2.11. The molecule has 14 heavy (non-hydrogen) atoms. The molecule has 0 aliphatic heterocycles. The first-order valence-electron chi connectivity index (χ1n) is 5.54. The van der Waals surface area contributed by atoms with Crippen LogP contribution in [0.5, 0.6) is 0 Å². The smallest absolute Gasteiger partial charge is 0.330 e. The van der Waals surface area contributed by atoms with Crippen molar-refractivity contribution in [2.45, 2.75) is 46.5 Å². The summed E-state index contributed by atoms with van der Waals surface area (Å²) in [6.07, 6.45) is 8.17. The third-order valence-corrected chi connectivity index (χ3v) is 2.13. The van der Waals surface area contributed by atoms with E-state index in [1.807, 2.05) is 13.0 Å². The monoisotopic (exact) mass is 198 g/mol. The van der Waals surface area contributed by atoms with Crippen molar-refractivity contribution in [1.29, 1.82) is 0 Å². The van der Waals surface area contributed by atoms with Gasteiger partial charge in [0, 0.05) is 6.08 Å². The molecule has 2 nitrogen and oxygen atoms in total. The minimum Gasteiger partial charge on any atom is -0.463 e. The summed E-state index contributed by atoms with van der Waals surface area (Å²) in [7, 11) is 0. The largest absolute Gasteiger partial charge is 0.463 e. The molecule has 0 aromatic heterocycles. The molecule has 0 saturated carbocycles. The molecule has 82 valence electrons. The first kappa shape index (κ1) is 13.2. The maximum atomic E-state index is 10.9. The predicted octanol–water partition coefficient (Wildman–Crippen LogP) is 3.32. The van der Waals surface area contributed by atoms with Crippen molar-refractivity contribution in [3.05, 3.63) is 12.2 Å². The molecule has 0 aliphatic rings. The SMILES string of the molecule is CCCCC(C)C/C=C/C(=O)OCC. The summed E-state index contributed by atoms with van der Waals surface area (Å²) in [5.74, 6) is 0.441. The number of ether oxygens (including phenoxy) is 1. The zero-order chi connectivity index (χ0) is 10.8. The topological polar surface area (TPSA) is 26.3 Å². The normalized spacial score (nSPS) is 13.1. The van der Waals surface area contributed by atoms with Gasteiger partial charge in [-0.15, -0.1) is 0 Å². The minimum absolute atomic E-state index is 0.227. The van der Waals surface area contributed by atoms with E-state index in [1.165, 1.54) is 25.3 Å². The fraction of sp³-hybridized carbons (Fsp3) is 0.750. The lowest BCUT2D eigenvalue weighted by Crippen LogP contribution is -1.99. The van der Waals surface area contributed by atoms with E-state index in [-0.39, 0.29) is 5.97 Å². The van der Waals surface area contributed by atoms with E-state index >= 15 is 0 Å². The lowest BCUT2D eigenvalue weighted by molar-refractivity contribution is -0.137. The second kappa shape index (κ2) is 8.79. The second-order valence-electron chi connectivity index (χ2n) is 3.64. The number of hydrogen-bond acceptors (Lipinski definition) is 2. The van der Waals surface area contributed by atoms with Gasteiger partial charge >= 0.3 is 5.97 Å². The summed E-state index contributed by atoms with van der Waals surface area (Å²) >= 11 is 0. The summed E-state index contributed by atoms with van der Waals surface area (Å²) in [6, 6.07) is 0. The van der Waals surface area contributed by atoms with Gasteiger partial charge in [-0.05, 0) is 19.3 Å². The Kier molecular flexibility index (Phi) is 8.30. The number of hydrogen-bond donors (Lipinski definition) is 0. The number of carbonyl (C=O) groups is 1. The third-order valence-electron chi connectivity index (χ3n) is 2.13. The molecule has 0 saturated heterocycles. The van der Waals surface area contributed by atoms with E-state index in [1.54, 1.807) is 0 Å². The second-order valence-corrected chi connectivity index (χ2v) is 3.64. The maximum Gasteiger partial charge on any atom is 0.330 e. The van der Waals surface area contributed by atoms with Crippen LogP contribution in [-0.4, -0.2) is 12.6 Å². The van der Waals surface area contributed by atoms with Gasteiger partial charge in [0.05, 0.1) is 6.61 Å². The van der Waals surface area contributed by atoms with E-state index < -0.39 is 0 Å². The van der Waals surface area contributed by atoms with Crippen LogP contribution in [0.25, 0.3) is 0 Å². The zero-order valence-corrected chi connectivity index (χ0v) is 9.58. The molecule has 0 N–H and O–H groups in total. The first-order chi connectivity index (χ1) is 6.70. The van der Waals surface area contributed by atoms with E-state index in [0.717, 1.165) is 6.42 Å². The molecule has 0 spiro atoms. The molecule has 0 radical (unpaired) electrons. The Hall–Kier alpha value is -0.790. The number of allylic oxidation sites excluding steroid dienone is 1. The van der Waals surface area contributed by atoms with Gasteiger partial charge in [0.2, 0.25) is 0 Å². The van der Waals surface area contributed by atoms with Gasteiger partial charge in [-0.2, -0.15) is 0 Å². The average Bonchev–Trinajstić information content (AvgIpc) is 2.15. The number of rotatable bonds is 7. The fourth-order valence-electron chi connectivity index (χ4n) is 1.26. The number of unbranched alkanes of at least 4 members (excludes halogenated alkanes) is 1.